The lowest BCUT2D eigenvalue weighted by atomic mass is 10.2. The van der Waals surface area contributed by atoms with Gasteiger partial charge in [-0.1, -0.05) is 19.1 Å². The fraction of sp³-hybridized carbons (Fsp3) is 0.467. The molecule has 1 aromatic carbocycles. The molecule has 1 saturated heterocycles. The number of para-hydroxylation sites is 1. The van der Waals surface area contributed by atoms with Crippen LogP contribution >= 0.6 is 0 Å². The molecule has 0 bridgehead atoms. The summed E-state index contributed by atoms with van der Waals surface area (Å²) in [5, 5.41) is 15.2. The van der Waals surface area contributed by atoms with Gasteiger partial charge in [0.1, 0.15) is 6.07 Å². The van der Waals surface area contributed by atoms with Crippen molar-refractivity contribution in [3.05, 3.63) is 29.8 Å². The number of benzene rings is 1. The lowest BCUT2D eigenvalue weighted by molar-refractivity contribution is -0.117. The number of carbonyl (C=O) groups is 1. The molecule has 1 unspecified atom stereocenters. The second-order valence-corrected chi connectivity index (χ2v) is 4.92. The number of carbonyl (C=O) groups excluding carboxylic acids is 1. The Bertz CT molecular complexity index is 503. The van der Waals surface area contributed by atoms with Gasteiger partial charge in [0, 0.05) is 12.6 Å². The molecule has 1 aliphatic heterocycles. The standard InChI is InChI=1S/C15H20N4O/c1-2-19(13-7-8-17-10-13)11-15(20)18-14-6-4-3-5-12(14)9-16/h3-6,13,17H,2,7-8,10-11H2,1H3,(H,18,20). The van der Waals surface area contributed by atoms with E-state index in [4.69, 9.17) is 5.26 Å². The first kappa shape index (κ1) is 14.5. The van der Waals surface area contributed by atoms with Gasteiger partial charge in [-0.15, -0.1) is 0 Å². The molecule has 2 N–H and O–H groups in total. The normalized spacial score (nSPS) is 17.9. The van der Waals surface area contributed by atoms with Crippen LogP contribution in [0.3, 0.4) is 0 Å². The van der Waals surface area contributed by atoms with Gasteiger partial charge in [0.25, 0.3) is 0 Å². The topological polar surface area (TPSA) is 68.2 Å². The highest BCUT2D eigenvalue weighted by Gasteiger charge is 2.22. The van der Waals surface area contributed by atoms with Crippen molar-refractivity contribution in [1.29, 1.82) is 5.26 Å². The second-order valence-electron chi connectivity index (χ2n) is 4.92. The Hall–Kier alpha value is -1.90. The SMILES string of the molecule is CCN(CC(=O)Nc1ccccc1C#N)C1CCNC1. The molecule has 1 atom stereocenters. The quantitative estimate of drug-likeness (QED) is 0.844. The smallest absolute Gasteiger partial charge is 0.238 e. The maximum Gasteiger partial charge on any atom is 0.238 e. The fourth-order valence-corrected chi connectivity index (χ4v) is 2.51. The van der Waals surface area contributed by atoms with Gasteiger partial charge in [-0.05, 0) is 31.6 Å². The van der Waals surface area contributed by atoms with Crippen LogP contribution in [-0.2, 0) is 4.79 Å². The van der Waals surface area contributed by atoms with Gasteiger partial charge in [0.15, 0.2) is 0 Å². The molecular formula is C15H20N4O. The summed E-state index contributed by atoms with van der Waals surface area (Å²) in [6.45, 7) is 5.23. The number of hydrogen-bond donors (Lipinski definition) is 2. The van der Waals surface area contributed by atoms with E-state index in [9.17, 15) is 4.79 Å². The number of rotatable bonds is 5. The average molecular weight is 272 g/mol. The molecule has 106 valence electrons. The molecule has 0 radical (unpaired) electrons. The van der Waals surface area contributed by atoms with E-state index in [1.165, 1.54) is 0 Å². The summed E-state index contributed by atoms with van der Waals surface area (Å²) in [6, 6.07) is 9.57. The summed E-state index contributed by atoms with van der Waals surface area (Å²) >= 11 is 0. The number of hydrogen-bond acceptors (Lipinski definition) is 4. The highest BCUT2D eigenvalue weighted by molar-refractivity contribution is 5.93. The Balaban J connectivity index is 1.96. The Morgan fingerprint density at radius 2 is 2.35 bits per heavy atom. The first-order valence-corrected chi connectivity index (χ1v) is 6.98. The molecule has 5 heteroatoms. The van der Waals surface area contributed by atoms with Crippen molar-refractivity contribution in [3.8, 4) is 6.07 Å². The molecule has 1 amide bonds. The van der Waals surface area contributed by atoms with E-state index in [1.54, 1.807) is 18.2 Å². The number of likely N-dealkylation sites (N-methyl/N-ethyl adjacent to an activating group) is 1. The van der Waals surface area contributed by atoms with Crippen LogP contribution in [0.2, 0.25) is 0 Å². The lowest BCUT2D eigenvalue weighted by Gasteiger charge is -2.26. The molecule has 2 rings (SSSR count). The third-order valence-electron chi connectivity index (χ3n) is 3.63. The monoisotopic (exact) mass is 272 g/mol. The minimum atomic E-state index is -0.0681. The van der Waals surface area contributed by atoms with E-state index >= 15 is 0 Å². The summed E-state index contributed by atoms with van der Waals surface area (Å²) in [4.78, 5) is 14.3. The number of amides is 1. The number of nitrogens with zero attached hydrogens (tertiary/aromatic N) is 2. The average Bonchev–Trinajstić information content (AvgIpc) is 2.99. The van der Waals surface area contributed by atoms with Crippen LogP contribution < -0.4 is 10.6 Å². The van der Waals surface area contributed by atoms with Crippen LogP contribution in [0.1, 0.15) is 18.9 Å². The van der Waals surface area contributed by atoms with E-state index in [0.29, 0.717) is 23.8 Å². The summed E-state index contributed by atoms with van der Waals surface area (Å²) in [5.41, 5.74) is 1.08. The molecule has 5 nitrogen and oxygen atoms in total. The summed E-state index contributed by atoms with van der Waals surface area (Å²) in [6.07, 6.45) is 1.08. The minimum absolute atomic E-state index is 0.0681. The first-order chi connectivity index (χ1) is 9.74. The van der Waals surface area contributed by atoms with Crippen molar-refractivity contribution in [2.45, 2.75) is 19.4 Å². The van der Waals surface area contributed by atoms with Crippen LogP contribution in [0.4, 0.5) is 5.69 Å². The van der Waals surface area contributed by atoms with Gasteiger partial charge in [0.05, 0.1) is 17.8 Å². The van der Waals surface area contributed by atoms with Gasteiger partial charge in [-0.25, -0.2) is 0 Å². The molecule has 1 aliphatic rings. The second kappa shape index (κ2) is 7.04. The molecular weight excluding hydrogens is 252 g/mol. The number of anilines is 1. The number of nitrogens with one attached hydrogen (secondary N) is 2. The maximum atomic E-state index is 12.1. The van der Waals surface area contributed by atoms with Gasteiger partial charge < -0.3 is 10.6 Å². The van der Waals surface area contributed by atoms with Gasteiger partial charge >= 0.3 is 0 Å². The molecule has 1 aromatic rings. The van der Waals surface area contributed by atoms with Crippen molar-refractivity contribution in [2.24, 2.45) is 0 Å². The van der Waals surface area contributed by atoms with Crippen molar-refractivity contribution in [2.75, 3.05) is 31.5 Å². The zero-order valence-corrected chi connectivity index (χ0v) is 11.7. The molecule has 0 aromatic heterocycles. The zero-order chi connectivity index (χ0) is 14.4. The van der Waals surface area contributed by atoms with E-state index in [2.05, 4.69) is 28.5 Å². The molecule has 0 saturated carbocycles. The molecule has 1 fully saturated rings. The largest absolute Gasteiger partial charge is 0.324 e. The highest BCUT2D eigenvalue weighted by Crippen LogP contribution is 2.14. The lowest BCUT2D eigenvalue weighted by Crippen LogP contribution is -2.41. The van der Waals surface area contributed by atoms with Crippen LogP contribution in [-0.4, -0.2) is 43.0 Å². The molecule has 1 heterocycles. The van der Waals surface area contributed by atoms with Crippen molar-refractivity contribution >= 4 is 11.6 Å². The highest BCUT2D eigenvalue weighted by atomic mass is 16.2. The van der Waals surface area contributed by atoms with Crippen molar-refractivity contribution in [1.82, 2.24) is 10.2 Å². The van der Waals surface area contributed by atoms with Crippen LogP contribution in [0, 0.1) is 11.3 Å². The van der Waals surface area contributed by atoms with Gasteiger partial charge in [0.2, 0.25) is 5.91 Å². The summed E-state index contributed by atoms with van der Waals surface area (Å²) < 4.78 is 0. The fourth-order valence-electron chi connectivity index (χ4n) is 2.51. The Kier molecular flexibility index (Phi) is 5.10. The van der Waals surface area contributed by atoms with Crippen LogP contribution in [0.15, 0.2) is 24.3 Å². The summed E-state index contributed by atoms with van der Waals surface area (Å²) in [5.74, 6) is -0.0681. The first-order valence-electron chi connectivity index (χ1n) is 6.98. The molecule has 0 spiro atoms. The van der Waals surface area contributed by atoms with E-state index in [-0.39, 0.29) is 5.91 Å². The van der Waals surface area contributed by atoms with Crippen molar-refractivity contribution < 1.29 is 4.79 Å². The van der Waals surface area contributed by atoms with Gasteiger partial charge in [-0.2, -0.15) is 5.26 Å². The van der Waals surface area contributed by atoms with Crippen LogP contribution in [0.25, 0.3) is 0 Å². The van der Waals surface area contributed by atoms with E-state index < -0.39 is 0 Å². The van der Waals surface area contributed by atoms with E-state index in [1.807, 2.05) is 6.07 Å². The van der Waals surface area contributed by atoms with E-state index in [0.717, 1.165) is 26.1 Å². The Labute approximate surface area is 119 Å². The van der Waals surface area contributed by atoms with Crippen molar-refractivity contribution in [3.63, 3.8) is 0 Å². The third-order valence-corrected chi connectivity index (χ3v) is 3.63. The number of nitriles is 1. The molecule has 0 aliphatic carbocycles. The predicted molar refractivity (Wildman–Crippen MR) is 78.3 cm³/mol. The maximum absolute atomic E-state index is 12.1. The van der Waals surface area contributed by atoms with Crippen LogP contribution in [0.5, 0.6) is 0 Å². The Morgan fingerprint density at radius 1 is 1.55 bits per heavy atom. The third kappa shape index (κ3) is 3.56. The van der Waals surface area contributed by atoms with Gasteiger partial charge in [-0.3, -0.25) is 9.69 Å². The minimum Gasteiger partial charge on any atom is -0.324 e. The zero-order valence-electron chi connectivity index (χ0n) is 11.7. The summed E-state index contributed by atoms with van der Waals surface area (Å²) in [7, 11) is 0. The predicted octanol–water partition coefficient (Wildman–Crippen LogP) is 1.18. The molecule has 20 heavy (non-hydrogen) atoms. The Morgan fingerprint density at radius 3 is 3.00 bits per heavy atom.